The van der Waals surface area contributed by atoms with E-state index in [0.717, 1.165) is 6.92 Å². The summed E-state index contributed by atoms with van der Waals surface area (Å²) in [5.41, 5.74) is 0. The molecule has 0 spiro atoms. The van der Waals surface area contributed by atoms with E-state index >= 15 is 0 Å². The molecule has 10 nitrogen and oxygen atoms in total. The van der Waals surface area contributed by atoms with Crippen molar-refractivity contribution in [1.82, 2.24) is 5.32 Å². The van der Waals surface area contributed by atoms with Crippen molar-refractivity contribution < 1.29 is 42.0 Å². The zero-order valence-corrected chi connectivity index (χ0v) is 10.6. The Morgan fingerprint density at radius 2 is 1.89 bits per heavy atom. The molecular weight excluding hydrogens is 286 g/mol. The average Bonchev–Trinajstić information content (AvgIpc) is 2.26. The smallest absolute Gasteiger partial charge is 0.388 e. The molecule has 112 valence electrons. The highest BCUT2D eigenvalue weighted by molar-refractivity contribution is 7.80. The minimum atomic E-state index is -4.74. The summed E-state index contributed by atoms with van der Waals surface area (Å²) in [6.07, 6.45) is -6.28. The van der Waals surface area contributed by atoms with Gasteiger partial charge in [-0.2, -0.15) is 8.42 Å². The van der Waals surface area contributed by atoms with Crippen LogP contribution in [0.1, 0.15) is 6.92 Å². The van der Waals surface area contributed by atoms with Crippen LogP contribution in [-0.2, 0) is 24.1 Å². The van der Waals surface area contributed by atoms with Crippen molar-refractivity contribution >= 4 is 16.3 Å². The van der Waals surface area contributed by atoms with E-state index in [4.69, 9.17) is 9.29 Å². The first kappa shape index (κ1) is 16.2. The van der Waals surface area contributed by atoms with E-state index in [9.17, 15) is 28.5 Å². The lowest BCUT2D eigenvalue weighted by molar-refractivity contribution is -0.252. The molecule has 1 unspecified atom stereocenters. The van der Waals surface area contributed by atoms with E-state index in [1.165, 1.54) is 0 Å². The Balaban J connectivity index is 2.69. The fourth-order valence-corrected chi connectivity index (χ4v) is 1.93. The lowest BCUT2D eigenvalue weighted by Gasteiger charge is -2.40. The third-order valence-electron chi connectivity index (χ3n) is 2.47. The second-order valence-corrected chi connectivity index (χ2v) is 5.08. The van der Waals surface area contributed by atoms with Crippen LogP contribution in [0.4, 0.5) is 0 Å². The molecule has 0 radical (unpaired) electrons. The number of aliphatic hydroxyl groups excluding tert-OH is 3. The van der Waals surface area contributed by atoms with Gasteiger partial charge in [-0.3, -0.25) is 9.35 Å². The van der Waals surface area contributed by atoms with E-state index in [-0.39, 0.29) is 0 Å². The van der Waals surface area contributed by atoms with Crippen molar-refractivity contribution in [2.75, 3.05) is 6.61 Å². The quantitative estimate of drug-likeness (QED) is 0.335. The van der Waals surface area contributed by atoms with Crippen molar-refractivity contribution in [2.24, 2.45) is 0 Å². The number of hydrogen-bond donors (Lipinski definition) is 5. The van der Waals surface area contributed by atoms with Gasteiger partial charge in [0.15, 0.2) is 6.29 Å². The molecule has 1 heterocycles. The number of rotatable bonds is 4. The first-order valence-corrected chi connectivity index (χ1v) is 6.57. The maximum absolute atomic E-state index is 10.8. The summed E-state index contributed by atoms with van der Waals surface area (Å²) in [7, 11) is -4.74. The molecule has 11 heteroatoms. The molecule has 1 fully saturated rings. The van der Waals surface area contributed by atoms with Gasteiger partial charge in [-0.1, -0.05) is 0 Å². The molecule has 19 heavy (non-hydrogen) atoms. The molecule has 0 bridgehead atoms. The van der Waals surface area contributed by atoms with Gasteiger partial charge in [0.25, 0.3) is 0 Å². The van der Waals surface area contributed by atoms with Gasteiger partial charge in [-0.15, -0.1) is 0 Å². The van der Waals surface area contributed by atoms with Gasteiger partial charge in [0.2, 0.25) is 5.91 Å². The van der Waals surface area contributed by atoms with Crippen LogP contribution in [0.25, 0.3) is 0 Å². The zero-order chi connectivity index (χ0) is 14.8. The number of aliphatic hydroxyl groups is 3. The van der Waals surface area contributed by atoms with E-state index in [2.05, 4.69) is 9.50 Å². The number of carbonyl (C=O) groups excluding carboxylic acids is 1. The van der Waals surface area contributed by atoms with Crippen molar-refractivity contribution in [2.45, 2.75) is 37.6 Å². The Hall–Kier alpha value is -0.820. The summed E-state index contributed by atoms with van der Waals surface area (Å²) < 4.78 is 37.9. The van der Waals surface area contributed by atoms with Crippen molar-refractivity contribution in [3.05, 3.63) is 0 Å². The molecule has 0 aliphatic carbocycles. The number of amides is 1. The third-order valence-corrected chi connectivity index (χ3v) is 2.91. The topological polar surface area (TPSA) is 163 Å². The Kier molecular flexibility index (Phi) is 5.20. The van der Waals surface area contributed by atoms with Crippen LogP contribution in [0.3, 0.4) is 0 Å². The minimum Gasteiger partial charge on any atom is -0.388 e. The number of hydrogen-bond acceptors (Lipinski definition) is 8. The molecular formula is C8H15NO9S. The molecule has 1 aliphatic rings. The van der Waals surface area contributed by atoms with Crippen LogP contribution in [0.5, 0.6) is 0 Å². The molecule has 1 amide bonds. The predicted octanol–water partition coefficient (Wildman–Crippen LogP) is -3.25. The Morgan fingerprint density at radius 1 is 1.32 bits per heavy atom. The van der Waals surface area contributed by atoms with Crippen LogP contribution < -0.4 is 5.32 Å². The maximum atomic E-state index is 10.8. The third kappa shape index (κ3) is 4.65. The summed E-state index contributed by atoms with van der Waals surface area (Å²) in [6.45, 7) is 0.334. The van der Waals surface area contributed by atoms with Gasteiger partial charge in [0.1, 0.15) is 24.4 Å². The van der Waals surface area contributed by atoms with E-state index in [1.807, 2.05) is 0 Å². The molecule has 1 aliphatic heterocycles. The summed E-state index contributed by atoms with van der Waals surface area (Å²) in [4.78, 5) is 10.8. The van der Waals surface area contributed by atoms with Crippen LogP contribution >= 0.6 is 0 Å². The molecule has 0 aromatic carbocycles. The van der Waals surface area contributed by atoms with Gasteiger partial charge >= 0.3 is 10.4 Å². The normalized spacial score (nSPS) is 35.9. The SMILES string of the molecule is CC(=O)N[C@H]1[C@@H](O)[C@H](O)C(COS(=O)(=O)O)O[C@H]1O. The van der Waals surface area contributed by atoms with Gasteiger partial charge in [0, 0.05) is 6.92 Å². The van der Waals surface area contributed by atoms with Gasteiger partial charge < -0.3 is 25.4 Å². The fraction of sp³-hybridized carbons (Fsp3) is 0.875. The van der Waals surface area contributed by atoms with Gasteiger partial charge in [-0.25, -0.2) is 4.18 Å². The summed E-state index contributed by atoms with van der Waals surface area (Å²) in [6, 6.07) is -1.27. The molecule has 5 N–H and O–H groups in total. The summed E-state index contributed by atoms with van der Waals surface area (Å²) in [5.74, 6) is -0.563. The molecule has 1 saturated heterocycles. The standard InChI is InChI=1S/C8H15NO9S/c1-3(10)9-5-7(12)6(11)4(18-8(5)13)2-17-19(14,15)16/h4-8,11-13H,2H2,1H3,(H,9,10)(H,14,15,16)/t4?,5-,6+,7+,8+/m0/s1. The first-order chi connectivity index (χ1) is 8.61. The Morgan fingerprint density at radius 3 is 2.37 bits per heavy atom. The van der Waals surface area contributed by atoms with Crippen molar-refractivity contribution in [1.29, 1.82) is 0 Å². The van der Waals surface area contributed by atoms with E-state index < -0.39 is 53.6 Å². The largest absolute Gasteiger partial charge is 0.397 e. The monoisotopic (exact) mass is 301 g/mol. The fourth-order valence-electron chi connectivity index (χ4n) is 1.63. The molecule has 5 atom stereocenters. The first-order valence-electron chi connectivity index (χ1n) is 5.20. The Labute approximate surface area is 108 Å². The van der Waals surface area contributed by atoms with Gasteiger partial charge in [-0.05, 0) is 0 Å². The second-order valence-electron chi connectivity index (χ2n) is 3.98. The van der Waals surface area contributed by atoms with Crippen LogP contribution in [-0.4, -0.2) is 71.4 Å². The average molecular weight is 301 g/mol. The predicted molar refractivity (Wildman–Crippen MR) is 58.0 cm³/mol. The number of ether oxygens (including phenoxy) is 1. The van der Waals surface area contributed by atoms with Crippen LogP contribution in [0.15, 0.2) is 0 Å². The highest BCUT2D eigenvalue weighted by Gasteiger charge is 2.44. The zero-order valence-electron chi connectivity index (χ0n) is 9.83. The lowest BCUT2D eigenvalue weighted by Crippen LogP contribution is -2.64. The second kappa shape index (κ2) is 6.09. The lowest BCUT2D eigenvalue weighted by atomic mass is 9.97. The highest BCUT2D eigenvalue weighted by Crippen LogP contribution is 2.20. The summed E-state index contributed by atoms with van der Waals surface area (Å²) >= 11 is 0. The molecule has 1 rings (SSSR count). The number of carbonyl (C=O) groups is 1. The Bertz CT molecular complexity index is 424. The minimum absolute atomic E-state index is 0.563. The number of nitrogens with one attached hydrogen (secondary N) is 1. The molecule has 0 saturated carbocycles. The van der Waals surface area contributed by atoms with E-state index in [0.29, 0.717) is 0 Å². The van der Waals surface area contributed by atoms with Crippen molar-refractivity contribution in [3.63, 3.8) is 0 Å². The maximum Gasteiger partial charge on any atom is 0.397 e. The summed E-state index contributed by atoms with van der Waals surface area (Å²) in [5, 5.41) is 31.0. The molecule has 0 aromatic rings. The van der Waals surface area contributed by atoms with Crippen molar-refractivity contribution in [3.8, 4) is 0 Å². The van der Waals surface area contributed by atoms with Gasteiger partial charge in [0.05, 0.1) is 6.61 Å². The van der Waals surface area contributed by atoms with E-state index in [1.54, 1.807) is 0 Å². The highest BCUT2D eigenvalue weighted by atomic mass is 32.3. The molecule has 0 aromatic heterocycles. The van der Waals surface area contributed by atoms with Crippen LogP contribution in [0, 0.1) is 0 Å². The van der Waals surface area contributed by atoms with Crippen LogP contribution in [0.2, 0.25) is 0 Å².